The van der Waals surface area contributed by atoms with Crippen molar-refractivity contribution >= 4 is 36.9 Å². The molecule has 0 aliphatic carbocycles. The van der Waals surface area contributed by atoms with Gasteiger partial charge >= 0.3 is 10.2 Å². The van der Waals surface area contributed by atoms with E-state index in [1.54, 1.807) is 0 Å². The van der Waals surface area contributed by atoms with Gasteiger partial charge in [-0.2, -0.15) is 8.42 Å². The molecule has 0 saturated heterocycles. The number of rotatable bonds is 4. The Morgan fingerprint density at radius 1 is 1.27 bits per heavy atom. The predicted molar refractivity (Wildman–Crippen MR) is 90.1 cm³/mol. The van der Waals surface area contributed by atoms with Gasteiger partial charge in [0.15, 0.2) is 0 Å². The molecule has 0 spiro atoms. The van der Waals surface area contributed by atoms with Crippen LogP contribution in [0.15, 0.2) is 53.4 Å². The molecule has 0 unspecified atom stereocenters. The lowest BCUT2D eigenvalue weighted by Crippen LogP contribution is -2.25. The summed E-state index contributed by atoms with van der Waals surface area (Å²) in [6.45, 7) is 0. The number of nitrogens with zero attached hydrogens (tertiary/aromatic N) is 2. The maximum Gasteiger partial charge on any atom is 0.305 e. The van der Waals surface area contributed by atoms with Gasteiger partial charge in [-0.05, 0) is 28.5 Å². The standard InChI is InChI=1S/C15H14BrN3O2S/c1-17-22(20,21)19-9-14(18-10-19)7-12-4-2-3-11-5-6-13(16)8-15(11)12/h2-6,8-10,17H,7H2,1H3. The van der Waals surface area contributed by atoms with Crippen molar-refractivity contribution in [2.75, 3.05) is 7.05 Å². The van der Waals surface area contributed by atoms with Crippen LogP contribution in [-0.2, 0) is 16.6 Å². The second-order valence-electron chi connectivity index (χ2n) is 4.86. The van der Waals surface area contributed by atoms with Gasteiger partial charge in [0, 0.05) is 24.1 Å². The van der Waals surface area contributed by atoms with Crippen LogP contribution in [0, 0.1) is 0 Å². The average Bonchev–Trinajstić information content (AvgIpc) is 2.97. The first kappa shape index (κ1) is 15.2. The van der Waals surface area contributed by atoms with E-state index in [9.17, 15) is 8.42 Å². The first-order valence-electron chi connectivity index (χ1n) is 6.64. The number of hydrogen-bond acceptors (Lipinski definition) is 3. The summed E-state index contributed by atoms with van der Waals surface area (Å²) >= 11 is 3.48. The van der Waals surface area contributed by atoms with E-state index < -0.39 is 10.2 Å². The second-order valence-corrected chi connectivity index (χ2v) is 7.56. The van der Waals surface area contributed by atoms with Gasteiger partial charge in [-0.15, -0.1) is 0 Å². The lowest BCUT2D eigenvalue weighted by atomic mass is 10.0. The summed E-state index contributed by atoms with van der Waals surface area (Å²) < 4.78 is 27.8. The molecule has 0 fully saturated rings. The summed E-state index contributed by atoms with van der Waals surface area (Å²) in [6, 6.07) is 12.2. The van der Waals surface area contributed by atoms with Crippen LogP contribution in [0.3, 0.4) is 0 Å². The predicted octanol–water partition coefficient (Wildman–Crippen LogP) is 2.70. The van der Waals surface area contributed by atoms with E-state index in [2.05, 4.69) is 37.8 Å². The molecule has 22 heavy (non-hydrogen) atoms. The fourth-order valence-electron chi connectivity index (χ4n) is 2.33. The van der Waals surface area contributed by atoms with E-state index in [1.807, 2.05) is 24.3 Å². The molecule has 7 heteroatoms. The Kier molecular flexibility index (Phi) is 4.03. The minimum absolute atomic E-state index is 0.569. The average molecular weight is 380 g/mol. The maximum absolute atomic E-state index is 11.7. The van der Waals surface area contributed by atoms with Gasteiger partial charge in [0.1, 0.15) is 6.33 Å². The van der Waals surface area contributed by atoms with Crippen LogP contribution in [-0.4, -0.2) is 24.4 Å². The number of halogens is 1. The Hall–Kier alpha value is -1.70. The molecular weight excluding hydrogens is 366 g/mol. The Balaban J connectivity index is 1.99. The smallest absolute Gasteiger partial charge is 0.240 e. The first-order valence-corrected chi connectivity index (χ1v) is 8.87. The highest BCUT2D eigenvalue weighted by molar-refractivity contribution is 9.10. The fraction of sp³-hybridized carbons (Fsp3) is 0.133. The van der Waals surface area contributed by atoms with Gasteiger partial charge in [0.2, 0.25) is 0 Å². The number of benzene rings is 2. The number of fused-ring (bicyclic) bond motifs is 1. The molecule has 0 saturated carbocycles. The second kappa shape index (κ2) is 5.83. The Morgan fingerprint density at radius 2 is 2.09 bits per heavy atom. The zero-order valence-corrected chi connectivity index (χ0v) is 14.2. The van der Waals surface area contributed by atoms with Crippen LogP contribution in [0.2, 0.25) is 0 Å². The van der Waals surface area contributed by atoms with Crippen molar-refractivity contribution in [3.05, 3.63) is 64.7 Å². The molecule has 5 nitrogen and oxygen atoms in total. The first-order chi connectivity index (χ1) is 10.5. The van der Waals surface area contributed by atoms with Gasteiger partial charge in [-0.3, -0.25) is 0 Å². The third kappa shape index (κ3) is 2.92. The molecule has 3 rings (SSSR count). The monoisotopic (exact) mass is 379 g/mol. The van der Waals surface area contributed by atoms with Crippen LogP contribution >= 0.6 is 15.9 Å². The van der Waals surface area contributed by atoms with Crippen molar-refractivity contribution in [2.45, 2.75) is 6.42 Å². The van der Waals surface area contributed by atoms with Crippen molar-refractivity contribution in [2.24, 2.45) is 0 Å². The topological polar surface area (TPSA) is 64.0 Å². The van der Waals surface area contributed by atoms with Crippen LogP contribution in [0.1, 0.15) is 11.3 Å². The normalized spacial score (nSPS) is 11.9. The summed E-state index contributed by atoms with van der Waals surface area (Å²) in [5, 5.41) is 2.27. The van der Waals surface area contributed by atoms with Gasteiger partial charge in [0.25, 0.3) is 0 Å². The van der Waals surface area contributed by atoms with E-state index in [-0.39, 0.29) is 0 Å². The quantitative estimate of drug-likeness (QED) is 0.757. The van der Waals surface area contributed by atoms with E-state index in [0.717, 1.165) is 24.8 Å². The molecule has 0 aliphatic rings. The van der Waals surface area contributed by atoms with Crippen molar-refractivity contribution in [3.63, 3.8) is 0 Å². The lowest BCUT2D eigenvalue weighted by Gasteiger charge is -2.06. The van der Waals surface area contributed by atoms with E-state index in [1.165, 1.54) is 19.6 Å². The molecule has 2 aromatic carbocycles. The van der Waals surface area contributed by atoms with Gasteiger partial charge in [0.05, 0.1) is 5.69 Å². The van der Waals surface area contributed by atoms with Crippen LogP contribution in [0.4, 0.5) is 0 Å². The summed E-state index contributed by atoms with van der Waals surface area (Å²) in [4.78, 5) is 4.19. The molecule has 0 aliphatic heterocycles. The molecule has 3 aromatic rings. The number of aromatic nitrogens is 2. The number of nitrogens with one attached hydrogen (secondary N) is 1. The Morgan fingerprint density at radius 3 is 2.86 bits per heavy atom. The zero-order valence-electron chi connectivity index (χ0n) is 11.8. The fourth-order valence-corrected chi connectivity index (χ4v) is 3.34. The van der Waals surface area contributed by atoms with Crippen molar-refractivity contribution in [1.82, 2.24) is 13.7 Å². The third-order valence-electron chi connectivity index (χ3n) is 3.46. The Labute approximate surface area is 137 Å². The maximum atomic E-state index is 11.7. The van der Waals surface area contributed by atoms with E-state index in [0.29, 0.717) is 12.1 Å². The molecule has 1 N–H and O–H groups in total. The lowest BCUT2D eigenvalue weighted by molar-refractivity contribution is 0.579. The highest BCUT2D eigenvalue weighted by atomic mass is 79.9. The SMILES string of the molecule is CNS(=O)(=O)n1cnc(Cc2cccc3ccc(Br)cc23)c1. The molecule has 114 valence electrons. The number of imidazole rings is 1. The Bertz CT molecular complexity index is 935. The molecule has 1 aromatic heterocycles. The van der Waals surface area contributed by atoms with Crippen LogP contribution < -0.4 is 4.72 Å². The molecule has 0 bridgehead atoms. The van der Waals surface area contributed by atoms with E-state index >= 15 is 0 Å². The van der Waals surface area contributed by atoms with E-state index in [4.69, 9.17) is 0 Å². The number of hydrogen-bond donors (Lipinski definition) is 1. The van der Waals surface area contributed by atoms with Crippen molar-refractivity contribution < 1.29 is 8.42 Å². The van der Waals surface area contributed by atoms with Gasteiger partial charge < -0.3 is 0 Å². The molecule has 0 atom stereocenters. The molecule has 0 amide bonds. The van der Waals surface area contributed by atoms with Crippen molar-refractivity contribution in [1.29, 1.82) is 0 Å². The van der Waals surface area contributed by atoms with Crippen LogP contribution in [0.5, 0.6) is 0 Å². The minimum Gasteiger partial charge on any atom is -0.240 e. The highest BCUT2D eigenvalue weighted by Gasteiger charge is 2.12. The summed E-state index contributed by atoms with van der Waals surface area (Å²) in [5.41, 5.74) is 1.80. The van der Waals surface area contributed by atoms with Crippen molar-refractivity contribution in [3.8, 4) is 0 Å². The minimum atomic E-state index is -3.52. The largest absolute Gasteiger partial charge is 0.305 e. The van der Waals surface area contributed by atoms with Gasteiger partial charge in [-0.1, -0.05) is 40.2 Å². The zero-order chi connectivity index (χ0) is 15.7. The highest BCUT2D eigenvalue weighted by Crippen LogP contribution is 2.24. The van der Waals surface area contributed by atoms with Crippen LogP contribution in [0.25, 0.3) is 10.8 Å². The molecule has 1 heterocycles. The van der Waals surface area contributed by atoms with Gasteiger partial charge in [-0.25, -0.2) is 13.7 Å². The molecular formula is C15H14BrN3O2S. The summed E-state index contributed by atoms with van der Waals surface area (Å²) in [6.07, 6.45) is 3.41. The summed E-state index contributed by atoms with van der Waals surface area (Å²) in [7, 11) is -2.15. The molecule has 0 radical (unpaired) electrons. The summed E-state index contributed by atoms with van der Waals surface area (Å²) in [5.74, 6) is 0. The third-order valence-corrected chi connectivity index (χ3v) is 5.22.